The molecule has 6 nitrogen and oxygen atoms in total. The summed E-state index contributed by atoms with van der Waals surface area (Å²) in [7, 11) is 0. The van der Waals surface area contributed by atoms with Crippen LogP contribution in [0.15, 0.2) is 35.4 Å². The summed E-state index contributed by atoms with van der Waals surface area (Å²) in [5.74, 6) is -0.950. The molecule has 0 amide bonds. The summed E-state index contributed by atoms with van der Waals surface area (Å²) in [5, 5.41) is 10.6. The number of thiophene rings is 1. The summed E-state index contributed by atoms with van der Waals surface area (Å²) < 4.78 is 19.6. The molecular weight excluding hydrogens is 359 g/mol. The van der Waals surface area contributed by atoms with Crippen LogP contribution in [0.2, 0.25) is 0 Å². The molecular formula is C18H17FN2O4S. The average Bonchev–Trinajstić information content (AvgIpc) is 2.95. The van der Waals surface area contributed by atoms with Gasteiger partial charge in [0.15, 0.2) is 0 Å². The van der Waals surface area contributed by atoms with Gasteiger partial charge in [-0.25, -0.2) is 14.2 Å². The predicted molar refractivity (Wildman–Crippen MR) is 95.9 cm³/mol. The van der Waals surface area contributed by atoms with E-state index in [0.29, 0.717) is 26.2 Å². The standard InChI is InChI=1S/C18H17FN2O4S/c1-3-25-18(24)15-10(2)14-16(26-15)20-9-21(17(14)23)8-13(22)11-5-4-6-12(19)7-11/h4-7,9,13,22H,3,8H2,1-2H3. The Morgan fingerprint density at radius 1 is 1.46 bits per heavy atom. The van der Waals surface area contributed by atoms with Crippen molar-refractivity contribution in [3.05, 3.63) is 62.8 Å². The number of fused-ring (bicyclic) bond motifs is 1. The number of aromatic nitrogens is 2. The summed E-state index contributed by atoms with van der Waals surface area (Å²) >= 11 is 1.10. The number of hydrogen-bond acceptors (Lipinski definition) is 6. The molecule has 1 unspecified atom stereocenters. The molecule has 0 radical (unpaired) electrons. The van der Waals surface area contributed by atoms with E-state index in [1.807, 2.05) is 0 Å². The number of nitrogens with zero attached hydrogens (tertiary/aromatic N) is 2. The third-order valence-corrected chi connectivity index (χ3v) is 5.16. The van der Waals surface area contributed by atoms with Crippen molar-refractivity contribution in [1.82, 2.24) is 9.55 Å². The Hall–Kier alpha value is -2.58. The second-order valence-electron chi connectivity index (χ2n) is 5.73. The molecule has 0 saturated heterocycles. The summed E-state index contributed by atoms with van der Waals surface area (Å²) in [5.41, 5.74) is 0.511. The molecule has 0 aliphatic heterocycles. The normalized spacial score (nSPS) is 12.3. The maximum absolute atomic E-state index is 13.3. The van der Waals surface area contributed by atoms with Crippen molar-refractivity contribution in [3.63, 3.8) is 0 Å². The number of aryl methyl sites for hydroxylation is 1. The van der Waals surface area contributed by atoms with Gasteiger partial charge in [-0.3, -0.25) is 9.36 Å². The van der Waals surface area contributed by atoms with E-state index in [2.05, 4.69) is 4.98 Å². The van der Waals surface area contributed by atoms with Crippen molar-refractivity contribution in [2.24, 2.45) is 0 Å². The van der Waals surface area contributed by atoms with Crippen LogP contribution in [-0.2, 0) is 11.3 Å². The Morgan fingerprint density at radius 3 is 2.92 bits per heavy atom. The number of aliphatic hydroxyl groups is 1. The van der Waals surface area contributed by atoms with Crippen LogP contribution in [0.1, 0.15) is 33.8 Å². The number of halogens is 1. The van der Waals surface area contributed by atoms with Gasteiger partial charge in [-0.2, -0.15) is 0 Å². The highest BCUT2D eigenvalue weighted by Gasteiger charge is 2.21. The lowest BCUT2D eigenvalue weighted by molar-refractivity contribution is 0.0531. The minimum atomic E-state index is -1.06. The number of carbonyl (C=O) groups is 1. The van der Waals surface area contributed by atoms with Crippen LogP contribution in [0.5, 0.6) is 0 Å². The van der Waals surface area contributed by atoms with E-state index in [1.54, 1.807) is 19.9 Å². The largest absolute Gasteiger partial charge is 0.462 e. The van der Waals surface area contributed by atoms with Gasteiger partial charge in [0, 0.05) is 0 Å². The first kappa shape index (κ1) is 18.2. The summed E-state index contributed by atoms with van der Waals surface area (Å²) in [6.07, 6.45) is 0.254. The molecule has 0 bridgehead atoms. The van der Waals surface area contributed by atoms with Gasteiger partial charge in [-0.05, 0) is 37.1 Å². The topological polar surface area (TPSA) is 81.4 Å². The summed E-state index contributed by atoms with van der Waals surface area (Å²) in [4.78, 5) is 29.8. The molecule has 1 aromatic carbocycles. The minimum absolute atomic E-state index is 0.0742. The first-order chi connectivity index (χ1) is 12.4. The van der Waals surface area contributed by atoms with Crippen molar-refractivity contribution in [2.75, 3.05) is 6.61 Å². The van der Waals surface area contributed by atoms with Gasteiger partial charge in [0.25, 0.3) is 5.56 Å². The first-order valence-electron chi connectivity index (χ1n) is 8.01. The van der Waals surface area contributed by atoms with Gasteiger partial charge < -0.3 is 9.84 Å². The molecule has 0 aliphatic carbocycles. The van der Waals surface area contributed by atoms with Crippen molar-refractivity contribution in [1.29, 1.82) is 0 Å². The Kier molecular flexibility index (Phi) is 5.15. The van der Waals surface area contributed by atoms with E-state index < -0.39 is 17.9 Å². The zero-order chi connectivity index (χ0) is 18.8. The SMILES string of the molecule is CCOC(=O)c1sc2ncn(CC(O)c3cccc(F)c3)c(=O)c2c1C. The van der Waals surface area contributed by atoms with Crippen molar-refractivity contribution < 1.29 is 19.0 Å². The van der Waals surface area contributed by atoms with Crippen LogP contribution >= 0.6 is 11.3 Å². The summed E-state index contributed by atoms with van der Waals surface area (Å²) in [6.45, 7) is 3.54. The highest BCUT2D eigenvalue weighted by Crippen LogP contribution is 2.27. The van der Waals surface area contributed by atoms with Gasteiger partial charge in [0.1, 0.15) is 15.5 Å². The maximum Gasteiger partial charge on any atom is 0.348 e. The van der Waals surface area contributed by atoms with Crippen LogP contribution in [0, 0.1) is 12.7 Å². The molecule has 3 rings (SSSR count). The molecule has 1 atom stereocenters. The number of benzene rings is 1. The third-order valence-electron chi connectivity index (χ3n) is 3.98. The van der Waals surface area contributed by atoms with E-state index in [1.165, 1.54) is 29.1 Å². The third kappa shape index (κ3) is 3.38. The first-order valence-corrected chi connectivity index (χ1v) is 8.83. The monoisotopic (exact) mass is 376 g/mol. The zero-order valence-electron chi connectivity index (χ0n) is 14.2. The second-order valence-corrected chi connectivity index (χ2v) is 6.73. The summed E-state index contributed by atoms with van der Waals surface area (Å²) in [6, 6.07) is 5.57. The number of esters is 1. The fraction of sp³-hybridized carbons (Fsp3) is 0.278. The lowest BCUT2D eigenvalue weighted by Gasteiger charge is -2.13. The van der Waals surface area contributed by atoms with Crippen LogP contribution < -0.4 is 5.56 Å². The van der Waals surface area contributed by atoms with E-state index in [9.17, 15) is 19.1 Å². The quantitative estimate of drug-likeness (QED) is 0.693. The molecule has 1 N–H and O–H groups in total. The fourth-order valence-corrected chi connectivity index (χ4v) is 3.72. The van der Waals surface area contributed by atoms with E-state index >= 15 is 0 Å². The van der Waals surface area contributed by atoms with E-state index in [4.69, 9.17) is 4.74 Å². The number of hydrogen-bond donors (Lipinski definition) is 1. The molecule has 0 spiro atoms. The van der Waals surface area contributed by atoms with Crippen molar-refractivity contribution in [2.45, 2.75) is 26.5 Å². The molecule has 2 aromatic heterocycles. The highest BCUT2D eigenvalue weighted by atomic mass is 32.1. The Bertz CT molecular complexity index is 1030. The molecule has 136 valence electrons. The Morgan fingerprint density at radius 2 is 2.23 bits per heavy atom. The molecule has 0 aliphatic rings. The lowest BCUT2D eigenvalue weighted by atomic mass is 10.1. The van der Waals surface area contributed by atoms with Gasteiger partial charge >= 0.3 is 5.97 Å². The van der Waals surface area contributed by atoms with E-state index in [0.717, 1.165) is 11.3 Å². The second kappa shape index (κ2) is 7.35. The smallest absolute Gasteiger partial charge is 0.348 e. The van der Waals surface area contributed by atoms with Gasteiger partial charge in [0.05, 0.1) is 31.0 Å². The molecule has 0 saturated carbocycles. The fourth-order valence-electron chi connectivity index (χ4n) is 2.69. The van der Waals surface area contributed by atoms with Crippen LogP contribution in [-0.4, -0.2) is 27.2 Å². The van der Waals surface area contributed by atoms with Crippen LogP contribution in [0.3, 0.4) is 0 Å². The number of rotatable bonds is 5. The average molecular weight is 376 g/mol. The van der Waals surface area contributed by atoms with E-state index in [-0.39, 0.29) is 18.7 Å². The maximum atomic E-state index is 13.3. The highest BCUT2D eigenvalue weighted by molar-refractivity contribution is 7.20. The van der Waals surface area contributed by atoms with Gasteiger partial charge in [0.2, 0.25) is 0 Å². The molecule has 26 heavy (non-hydrogen) atoms. The Balaban J connectivity index is 1.98. The molecule has 3 aromatic rings. The molecule has 2 heterocycles. The zero-order valence-corrected chi connectivity index (χ0v) is 15.0. The van der Waals surface area contributed by atoms with Crippen molar-refractivity contribution in [3.8, 4) is 0 Å². The molecule has 0 fully saturated rings. The number of ether oxygens (including phenoxy) is 1. The lowest BCUT2D eigenvalue weighted by Crippen LogP contribution is -2.23. The number of carbonyl (C=O) groups excluding carboxylic acids is 1. The van der Waals surface area contributed by atoms with Crippen LogP contribution in [0.4, 0.5) is 4.39 Å². The molecule has 8 heteroatoms. The van der Waals surface area contributed by atoms with Crippen LogP contribution in [0.25, 0.3) is 10.2 Å². The van der Waals surface area contributed by atoms with Gasteiger partial charge in [-0.1, -0.05) is 12.1 Å². The number of aliphatic hydroxyl groups excluding tert-OH is 1. The minimum Gasteiger partial charge on any atom is -0.462 e. The predicted octanol–water partition coefficient (Wildman–Crippen LogP) is 2.82. The van der Waals surface area contributed by atoms with Gasteiger partial charge in [-0.15, -0.1) is 11.3 Å². The van der Waals surface area contributed by atoms with Crippen molar-refractivity contribution >= 4 is 27.5 Å². The Labute approximate surface area is 152 Å².